The largest absolute Gasteiger partial charge is 0.488 e. The van der Waals surface area contributed by atoms with Crippen LogP contribution in [0.2, 0.25) is 5.02 Å². The third kappa shape index (κ3) is 4.74. The highest BCUT2D eigenvalue weighted by Gasteiger charge is 2.21. The van der Waals surface area contributed by atoms with E-state index in [1.165, 1.54) is 6.08 Å². The van der Waals surface area contributed by atoms with E-state index in [-0.39, 0.29) is 11.8 Å². The second-order valence-electron chi connectivity index (χ2n) is 7.41. The van der Waals surface area contributed by atoms with Gasteiger partial charge in [-0.2, -0.15) is 0 Å². The Balaban J connectivity index is 1.45. The monoisotopic (exact) mass is 422 g/mol. The SMILES string of the molecule is O=C(/C=C/C1=Cc2cc(Cl)ccc2OC1)Nc1ccccc1C(=O)N1CCCCC1. The summed E-state index contributed by atoms with van der Waals surface area (Å²) in [6.07, 6.45) is 8.32. The second kappa shape index (κ2) is 9.18. The molecule has 6 heteroatoms. The van der Waals surface area contributed by atoms with Crippen LogP contribution < -0.4 is 10.1 Å². The number of carbonyl (C=O) groups excluding carboxylic acids is 2. The van der Waals surface area contributed by atoms with Crippen LogP contribution in [0.5, 0.6) is 5.75 Å². The van der Waals surface area contributed by atoms with Gasteiger partial charge in [-0.1, -0.05) is 29.8 Å². The maximum Gasteiger partial charge on any atom is 0.255 e. The van der Waals surface area contributed by atoms with Crippen LogP contribution >= 0.6 is 11.6 Å². The van der Waals surface area contributed by atoms with Gasteiger partial charge in [-0.25, -0.2) is 0 Å². The standard InChI is InChI=1S/C24H23ClN2O3/c25-19-9-10-22-18(15-19)14-17(16-30-22)8-11-23(28)26-21-7-3-2-6-20(21)24(29)27-12-4-1-5-13-27/h2-3,6-11,14-15H,1,4-5,12-13,16H2,(H,26,28)/b11-8+. The van der Waals surface area contributed by atoms with Crippen molar-refractivity contribution in [2.45, 2.75) is 19.3 Å². The summed E-state index contributed by atoms with van der Waals surface area (Å²) in [5.74, 6) is 0.435. The molecule has 2 aliphatic rings. The van der Waals surface area contributed by atoms with E-state index in [4.69, 9.17) is 16.3 Å². The van der Waals surface area contributed by atoms with Crippen molar-refractivity contribution in [1.82, 2.24) is 4.90 Å². The minimum Gasteiger partial charge on any atom is -0.488 e. The topological polar surface area (TPSA) is 58.6 Å². The second-order valence-corrected chi connectivity index (χ2v) is 7.85. The van der Waals surface area contributed by atoms with Gasteiger partial charge in [0.25, 0.3) is 5.91 Å². The van der Waals surface area contributed by atoms with Gasteiger partial charge in [-0.15, -0.1) is 0 Å². The van der Waals surface area contributed by atoms with Crippen LogP contribution in [0.3, 0.4) is 0 Å². The molecule has 1 fully saturated rings. The number of fused-ring (bicyclic) bond motifs is 1. The Bertz CT molecular complexity index is 1020. The van der Waals surface area contributed by atoms with Gasteiger partial charge >= 0.3 is 0 Å². The van der Waals surface area contributed by atoms with Gasteiger partial charge in [0, 0.05) is 29.8 Å². The Hall–Kier alpha value is -3.05. The molecule has 1 saturated heterocycles. The third-order valence-electron chi connectivity index (χ3n) is 5.21. The number of hydrogen-bond acceptors (Lipinski definition) is 3. The van der Waals surface area contributed by atoms with E-state index in [0.717, 1.165) is 49.2 Å². The number of piperidine rings is 1. The Kier molecular flexibility index (Phi) is 6.19. The average Bonchev–Trinajstić information content (AvgIpc) is 2.78. The zero-order valence-electron chi connectivity index (χ0n) is 16.6. The number of ether oxygens (including phenoxy) is 1. The molecule has 0 radical (unpaired) electrons. The zero-order chi connectivity index (χ0) is 20.9. The predicted octanol–water partition coefficient (Wildman–Crippen LogP) is 4.94. The van der Waals surface area contributed by atoms with Gasteiger partial charge in [0.15, 0.2) is 0 Å². The molecule has 30 heavy (non-hydrogen) atoms. The fourth-order valence-corrected chi connectivity index (χ4v) is 3.85. The molecule has 5 nitrogen and oxygen atoms in total. The Morgan fingerprint density at radius 2 is 1.87 bits per heavy atom. The summed E-state index contributed by atoms with van der Waals surface area (Å²) in [6, 6.07) is 12.6. The van der Waals surface area contributed by atoms with Crippen molar-refractivity contribution in [2.24, 2.45) is 0 Å². The molecule has 2 aliphatic heterocycles. The molecule has 0 aliphatic carbocycles. The Morgan fingerprint density at radius 3 is 2.70 bits per heavy atom. The summed E-state index contributed by atoms with van der Waals surface area (Å²) in [6.45, 7) is 1.91. The maximum atomic E-state index is 12.9. The van der Waals surface area contributed by atoms with Crippen molar-refractivity contribution in [3.05, 3.63) is 76.3 Å². The predicted molar refractivity (Wildman–Crippen MR) is 119 cm³/mol. The minimum absolute atomic E-state index is 0.0357. The van der Waals surface area contributed by atoms with Crippen LogP contribution in [0.25, 0.3) is 6.08 Å². The van der Waals surface area contributed by atoms with Gasteiger partial charge in [-0.05, 0) is 61.2 Å². The Morgan fingerprint density at radius 1 is 1.07 bits per heavy atom. The number of rotatable bonds is 4. The van der Waals surface area contributed by atoms with Gasteiger partial charge in [0.2, 0.25) is 5.91 Å². The molecular formula is C24H23ClN2O3. The van der Waals surface area contributed by atoms with Crippen LogP contribution in [0, 0.1) is 0 Å². The number of para-hydroxylation sites is 1. The first-order chi connectivity index (χ1) is 14.6. The first kappa shape index (κ1) is 20.2. The highest BCUT2D eigenvalue weighted by atomic mass is 35.5. The van der Waals surface area contributed by atoms with Crippen molar-refractivity contribution >= 4 is 35.2 Å². The summed E-state index contributed by atoms with van der Waals surface area (Å²) < 4.78 is 5.70. The lowest BCUT2D eigenvalue weighted by molar-refractivity contribution is -0.111. The molecule has 154 valence electrons. The quantitative estimate of drug-likeness (QED) is 0.710. The van der Waals surface area contributed by atoms with E-state index >= 15 is 0 Å². The number of likely N-dealkylation sites (tertiary alicyclic amines) is 1. The molecule has 2 heterocycles. The first-order valence-corrected chi connectivity index (χ1v) is 10.5. The summed E-state index contributed by atoms with van der Waals surface area (Å²) in [7, 11) is 0. The number of nitrogens with zero attached hydrogens (tertiary/aromatic N) is 1. The maximum absolute atomic E-state index is 12.9. The molecule has 4 rings (SSSR count). The molecule has 1 N–H and O–H groups in total. The van der Waals surface area contributed by atoms with Crippen molar-refractivity contribution < 1.29 is 14.3 Å². The molecule has 0 unspecified atom stereocenters. The molecule has 0 saturated carbocycles. The Labute approximate surface area is 181 Å². The molecule has 2 aromatic carbocycles. The molecule has 0 spiro atoms. The van der Waals surface area contributed by atoms with Gasteiger partial charge < -0.3 is 15.0 Å². The number of anilines is 1. The minimum atomic E-state index is -0.299. The number of amides is 2. The third-order valence-corrected chi connectivity index (χ3v) is 5.45. The lowest BCUT2D eigenvalue weighted by Crippen LogP contribution is -2.36. The van der Waals surface area contributed by atoms with E-state index in [1.807, 2.05) is 35.2 Å². The van der Waals surface area contributed by atoms with E-state index in [0.29, 0.717) is 22.9 Å². The first-order valence-electron chi connectivity index (χ1n) is 10.1. The summed E-state index contributed by atoms with van der Waals surface area (Å²) >= 11 is 6.04. The number of hydrogen-bond donors (Lipinski definition) is 1. The molecule has 0 aromatic heterocycles. The number of halogens is 1. The van der Waals surface area contributed by atoms with Gasteiger partial charge in [0.05, 0.1) is 11.3 Å². The summed E-state index contributed by atoms with van der Waals surface area (Å²) in [5.41, 5.74) is 2.78. The number of carbonyl (C=O) groups is 2. The van der Waals surface area contributed by atoms with Crippen LogP contribution in [0.1, 0.15) is 35.2 Å². The normalized spacial score (nSPS) is 15.9. The lowest BCUT2D eigenvalue weighted by Gasteiger charge is -2.27. The zero-order valence-corrected chi connectivity index (χ0v) is 17.3. The van der Waals surface area contributed by atoms with Crippen LogP contribution in [-0.4, -0.2) is 36.4 Å². The highest BCUT2D eigenvalue weighted by Crippen LogP contribution is 2.29. The lowest BCUT2D eigenvalue weighted by atomic mass is 10.1. The fraction of sp³-hybridized carbons (Fsp3) is 0.250. The fourth-order valence-electron chi connectivity index (χ4n) is 3.67. The summed E-state index contributed by atoms with van der Waals surface area (Å²) in [5, 5.41) is 3.47. The molecule has 2 aromatic rings. The summed E-state index contributed by atoms with van der Waals surface area (Å²) in [4.78, 5) is 27.2. The van der Waals surface area contributed by atoms with Gasteiger partial charge in [0.1, 0.15) is 12.4 Å². The van der Waals surface area contributed by atoms with E-state index in [2.05, 4.69) is 5.32 Å². The van der Waals surface area contributed by atoms with Crippen molar-refractivity contribution in [2.75, 3.05) is 25.0 Å². The van der Waals surface area contributed by atoms with Crippen LogP contribution in [-0.2, 0) is 4.79 Å². The molecule has 0 atom stereocenters. The molecule has 2 amide bonds. The van der Waals surface area contributed by atoms with Gasteiger partial charge in [-0.3, -0.25) is 9.59 Å². The highest BCUT2D eigenvalue weighted by molar-refractivity contribution is 6.30. The van der Waals surface area contributed by atoms with Crippen molar-refractivity contribution in [1.29, 1.82) is 0 Å². The number of nitrogens with one attached hydrogen (secondary N) is 1. The average molecular weight is 423 g/mol. The molecular weight excluding hydrogens is 400 g/mol. The smallest absolute Gasteiger partial charge is 0.255 e. The van der Waals surface area contributed by atoms with Crippen molar-refractivity contribution in [3.63, 3.8) is 0 Å². The van der Waals surface area contributed by atoms with Crippen LogP contribution in [0.15, 0.2) is 60.2 Å². The van der Waals surface area contributed by atoms with E-state index in [1.54, 1.807) is 24.3 Å². The van der Waals surface area contributed by atoms with E-state index in [9.17, 15) is 9.59 Å². The number of benzene rings is 2. The van der Waals surface area contributed by atoms with E-state index < -0.39 is 0 Å². The van der Waals surface area contributed by atoms with Crippen molar-refractivity contribution in [3.8, 4) is 5.75 Å². The van der Waals surface area contributed by atoms with Crippen LogP contribution in [0.4, 0.5) is 5.69 Å². The molecule has 0 bridgehead atoms.